The van der Waals surface area contributed by atoms with Gasteiger partial charge in [-0.3, -0.25) is 0 Å². The summed E-state index contributed by atoms with van der Waals surface area (Å²) in [5.41, 5.74) is 10.9. The van der Waals surface area contributed by atoms with E-state index in [0.29, 0.717) is 23.1 Å². The average molecular weight is 731 g/mol. The summed E-state index contributed by atoms with van der Waals surface area (Å²) in [5, 5.41) is 6.43. The zero-order valence-corrected chi connectivity index (χ0v) is 30.4. The molecular formula is C51H30N4O2. The van der Waals surface area contributed by atoms with Gasteiger partial charge >= 0.3 is 0 Å². The Hall–Kier alpha value is -7.83. The van der Waals surface area contributed by atoms with Gasteiger partial charge in [0.2, 0.25) is 0 Å². The van der Waals surface area contributed by atoms with Crippen LogP contribution in [-0.4, -0.2) is 19.5 Å². The van der Waals surface area contributed by atoms with Crippen LogP contribution >= 0.6 is 0 Å². The normalized spacial score (nSPS) is 11.9. The van der Waals surface area contributed by atoms with Crippen LogP contribution in [0, 0.1) is 0 Å². The maximum Gasteiger partial charge on any atom is 0.167 e. The molecule has 0 aliphatic carbocycles. The minimum Gasteiger partial charge on any atom is -0.455 e. The molecule has 8 aromatic carbocycles. The number of hydrogen-bond acceptors (Lipinski definition) is 5. The quantitative estimate of drug-likeness (QED) is 0.176. The van der Waals surface area contributed by atoms with Gasteiger partial charge in [-0.05, 0) is 53.6 Å². The van der Waals surface area contributed by atoms with Crippen molar-refractivity contribution in [3.05, 3.63) is 182 Å². The van der Waals surface area contributed by atoms with Crippen LogP contribution < -0.4 is 0 Å². The molecule has 0 bridgehead atoms. The molecule has 12 aromatic rings. The Morgan fingerprint density at radius 2 is 0.877 bits per heavy atom. The van der Waals surface area contributed by atoms with Gasteiger partial charge in [0.1, 0.15) is 22.3 Å². The lowest BCUT2D eigenvalue weighted by Crippen LogP contribution is -2.02. The summed E-state index contributed by atoms with van der Waals surface area (Å²) in [6, 6.07) is 62.7. The van der Waals surface area contributed by atoms with Gasteiger partial charge < -0.3 is 13.4 Å². The van der Waals surface area contributed by atoms with Gasteiger partial charge in [-0.25, -0.2) is 15.0 Å². The molecule has 6 heteroatoms. The lowest BCUT2D eigenvalue weighted by molar-refractivity contribution is 0.669. The zero-order chi connectivity index (χ0) is 37.5. The van der Waals surface area contributed by atoms with Crippen LogP contribution in [0.2, 0.25) is 0 Å². The maximum absolute atomic E-state index is 6.92. The molecule has 12 rings (SSSR count). The van der Waals surface area contributed by atoms with Gasteiger partial charge in [0, 0.05) is 43.6 Å². The van der Waals surface area contributed by atoms with E-state index in [4.69, 9.17) is 23.8 Å². The zero-order valence-electron chi connectivity index (χ0n) is 30.4. The van der Waals surface area contributed by atoms with Crippen LogP contribution in [0.1, 0.15) is 0 Å². The Morgan fingerprint density at radius 1 is 0.351 bits per heavy atom. The SMILES string of the molecule is c1ccc(-c2nc(-c3cccc4c3oc3ccccc34)nc(-c3cc(-n4c5ccccc5c5ccccc54)cc4c3oc3cccc(-c5ccccc5)c34)n2)cc1. The standard InChI is InChI=1S/C51H30N4O2/c1-3-15-31(16-4-1)34-22-14-28-45-46(34)40-29-33(55-42-25-10-7-19-35(42)36-20-8-11-26-43(36)55)30-41(48(40)57-45)51-53-49(32-17-5-2-6-18-32)52-50(54-51)39-24-13-23-38-37-21-9-12-27-44(37)56-47(38)39/h1-30H. The molecular weight excluding hydrogens is 701 g/mol. The minimum atomic E-state index is 0.500. The maximum atomic E-state index is 6.92. The van der Waals surface area contributed by atoms with Crippen LogP contribution in [0.4, 0.5) is 0 Å². The van der Waals surface area contributed by atoms with Gasteiger partial charge in [-0.15, -0.1) is 0 Å². The summed E-state index contributed by atoms with van der Waals surface area (Å²) >= 11 is 0. The molecule has 0 amide bonds. The van der Waals surface area contributed by atoms with Crippen LogP contribution in [0.3, 0.4) is 0 Å². The minimum absolute atomic E-state index is 0.500. The first-order valence-corrected chi connectivity index (χ1v) is 19.0. The van der Waals surface area contributed by atoms with Crippen LogP contribution in [0.5, 0.6) is 0 Å². The second kappa shape index (κ2) is 12.3. The second-order valence-electron chi connectivity index (χ2n) is 14.3. The highest BCUT2D eigenvalue weighted by atomic mass is 16.3. The lowest BCUT2D eigenvalue weighted by Gasteiger charge is -2.13. The molecule has 57 heavy (non-hydrogen) atoms. The third-order valence-electron chi connectivity index (χ3n) is 11.1. The van der Waals surface area contributed by atoms with E-state index in [2.05, 4.69) is 114 Å². The predicted octanol–water partition coefficient (Wildman–Crippen LogP) is 13.4. The third-order valence-corrected chi connectivity index (χ3v) is 11.1. The van der Waals surface area contributed by atoms with E-state index >= 15 is 0 Å². The van der Waals surface area contributed by atoms with Gasteiger partial charge in [0.25, 0.3) is 0 Å². The molecule has 0 spiro atoms. The van der Waals surface area contributed by atoms with Crippen molar-refractivity contribution in [3.8, 4) is 51.0 Å². The van der Waals surface area contributed by atoms with Gasteiger partial charge in [-0.2, -0.15) is 0 Å². The summed E-state index contributed by atoms with van der Waals surface area (Å²) in [6.07, 6.45) is 0. The topological polar surface area (TPSA) is 69.9 Å². The summed E-state index contributed by atoms with van der Waals surface area (Å²) in [6.45, 7) is 0. The van der Waals surface area contributed by atoms with Crippen molar-refractivity contribution in [1.82, 2.24) is 19.5 Å². The van der Waals surface area contributed by atoms with E-state index in [1.54, 1.807) is 0 Å². The van der Waals surface area contributed by atoms with Gasteiger partial charge in [-0.1, -0.05) is 140 Å². The number of aromatic nitrogens is 4. The Bertz CT molecular complexity index is 3470. The highest BCUT2D eigenvalue weighted by Crippen LogP contribution is 2.44. The first kappa shape index (κ1) is 31.5. The number of rotatable bonds is 5. The number of furan rings is 2. The fraction of sp³-hybridized carbons (Fsp3) is 0. The highest BCUT2D eigenvalue weighted by Gasteiger charge is 2.24. The number of para-hydroxylation sites is 4. The molecule has 0 fully saturated rings. The van der Waals surface area contributed by atoms with E-state index in [1.807, 2.05) is 72.8 Å². The largest absolute Gasteiger partial charge is 0.455 e. The van der Waals surface area contributed by atoms with Gasteiger partial charge in [0.15, 0.2) is 17.5 Å². The van der Waals surface area contributed by atoms with Crippen molar-refractivity contribution < 1.29 is 8.83 Å². The average Bonchev–Trinajstić information content (AvgIpc) is 3.96. The molecule has 0 radical (unpaired) electrons. The van der Waals surface area contributed by atoms with Crippen molar-refractivity contribution in [2.75, 3.05) is 0 Å². The molecule has 266 valence electrons. The fourth-order valence-corrected chi connectivity index (χ4v) is 8.52. The summed E-state index contributed by atoms with van der Waals surface area (Å²) in [4.78, 5) is 15.7. The number of hydrogen-bond donors (Lipinski definition) is 0. The highest BCUT2D eigenvalue weighted by molar-refractivity contribution is 6.17. The summed E-state index contributed by atoms with van der Waals surface area (Å²) in [5.74, 6) is 1.57. The van der Waals surface area contributed by atoms with Crippen molar-refractivity contribution in [2.45, 2.75) is 0 Å². The van der Waals surface area contributed by atoms with E-state index in [0.717, 1.165) is 82.8 Å². The van der Waals surface area contributed by atoms with Crippen molar-refractivity contribution >= 4 is 65.7 Å². The van der Waals surface area contributed by atoms with E-state index in [9.17, 15) is 0 Å². The first-order chi connectivity index (χ1) is 28.3. The third kappa shape index (κ3) is 4.87. The number of nitrogens with zero attached hydrogens (tertiary/aromatic N) is 4. The van der Waals surface area contributed by atoms with Crippen LogP contribution in [0.25, 0.3) is 117 Å². The molecule has 0 aliphatic heterocycles. The molecule has 6 nitrogen and oxygen atoms in total. The molecule has 0 aliphatic rings. The summed E-state index contributed by atoms with van der Waals surface area (Å²) < 4.78 is 15.8. The Kier molecular flexibility index (Phi) is 6.83. The molecule has 4 aromatic heterocycles. The lowest BCUT2D eigenvalue weighted by atomic mass is 9.98. The molecule has 0 atom stereocenters. The number of fused-ring (bicyclic) bond motifs is 9. The van der Waals surface area contributed by atoms with E-state index in [-0.39, 0.29) is 0 Å². The van der Waals surface area contributed by atoms with Gasteiger partial charge in [0.05, 0.1) is 22.2 Å². The first-order valence-electron chi connectivity index (χ1n) is 19.0. The van der Waals surface area contributed by atoms with Crippen molar-refractivity contribution in [1.29, 1.82) is 0 Å². The summed E-state index contributed by atoms with van der Waals surface area (Å²) in [7, 11) is 0. The molecule has 0 N–H and O–H groups in total. The molecule has 0 saturated heterocycles. The Balaban J connectivity index is 1.21. The predicted molar refractivity (Wildman–Crippen MR) is 230 cm³/mol. The van der Waals surface area contributed by atoms with Crippen molar-refractivity contribution in [2.24, 2.45) is 0 Å². The molecule has 4 heterocycles. The molecule has 0 saturated carbocycles. The van der Waals surface area contributed by atoms with Crippen LogP contribution in [-0.2, 0) is 0 Å². The monoisotopic (exact) mass is 730 g/mol. The Labute approximate surface area is 325 Å². The number of benzene rings is 8. The van der Waals surface area contributed by atoms with Crippen molar-refractivity contribution in [3.63, 3.8) is 0 Å². The van der Waals surface area contributed by atoms with Crippen LogP contribution in [0.15, 0.2) is 191 Å². The Morgan fingerprint density at radius 3 is 1.63 bits per heavy atom. The van der Waals surface area contributed by atoms with E-state index < -0.39 is 0 Å². The fourth-order valence-electron chi connectivity index (χ4n) is 8.52. The molecule has 0 unspecified atom stereocenters. The smallest absolute Gasteiger partial charge is 0.167 e. The van der Waals surface area contributed by atoms with E-state index in [1.165, 1.54) is 10.8 Å². The second-order valence-corrected chi connectivity index (χ2v) is 14.3.